The van der Waals surface area contributed by atoms with Gasteiger partial charge in [-0.05, 0) is 37.1 Å². The largest absolute Gasteiger partial charge is 0.493 e. The SMILES string of the molecule is CCN=C(Nc1ccc(OC)c(OC)c1)NC1CC1c1ccccc1F. The molecule has 3 rings (SSSR count). The third-order valence-electron chi connectivity index (χ3n) is 4.38. The van der Waals surface area contributed by atoms with E-state index < -0.39 is 0 Å². The van der Waals surface area contributed by atoms with Crippen molar-refractivity contribution in [2.75, 3.05) is 26.1 Å². The van der Waals surface area contributed by atoms with Crippen molar-refractivity contribution in [2.24, 2.45) is 4.99 Å². The van der Waals surface area contributed by atoms with E-state index in [4.69, 9.17) is 9.47 Å². The highest BCUT2D eigenvalue weighted by molar-refractivity contribution is 5.94. The second-order valence-corrected chi connectivity index (χ2v) is 6.13. The van der Waals surface area contributed by atoms with Crippen LogP contribution in [0.15, 0.2) is 47.5 Å². The maximum Gasteiger partial charge on any atom is 0.196 e. The molecule has 0 heterocycles. The highest BCUT2D eigenvalue weighted by Gasteiger charge is 2.40. The second kappa shape index (κ2) is 8.08. The topological polar surface area (TPSA) is 54.9 Å². The molecule has 1 fully saturated rings. The van der Waals surface area contributed by atoms with E-state index in [0.717, 1.165) is 17.7 Å². The van der Waals surface area contributed by atoms with Gasteiger partial charge in [0.25, 0.3) is 0 Å². The van der Waals surface area contributed by atoms with Gasteiger partial charge in [0.05, 0.1) is 14.2 Å². The van der Waals surface area contributed by atoms with Gasteiger partial charge in [-0.25, -0.2) is 4.39 Å². The number of nitrogens with zero attached hydrogens (tertiary/aromatic N) is 1. The highest BCUT2D eigenvalue weighted by Crippen LogP contribution is 2.41. The van der Waals surface area contributed by atoms with Gasteiger partial charge >= 0.3 is 0 Å². The monoisotopic (exact) mass is 357 g/mol. The van der Waals surface area contributed by atoms with Crippen molar-refractivity contribution in [3.8, 4) is 11.5 Å². The number of rotatable bonds is 6. The molecule has 2 aromatic rings. The van der Waals surface area contributed by atoms with Gasteiger partial charge in [0.15, 0.2) is 17.5 Å². The lowest BCUT2D eigenvalue weighted by atomic mass is 10.1. The number of aliphatic imine (C=N–C) groups is 1. The first-order valence-corrected chi connectivity index (χ1v) is 8.70. The van der Waals surface area contributed by atoms with Crippen molar-refractivity contribution < 1.29 is 13.9 Å². The Labute approximate surface area is 153 Å². The van der Waals surface area contributed by atoms with E-state index in [1.807, 2.05) is 37.3 Å². The summed E-state index contributed by atoms with van der Waals surface area (Å²) in [6.07, 6.45) is 0.886. The summed E-state index contributed by atoms with van der Waals surface area (Å²) in [4.78, 5) is 4.48. The normalized spacial score (nSPS) is 19.0. The number of halogens is 1. The van der Waals surface area contributed by atoms with Gasteiger partial charge in [-0.2, -0.15) is 0 Å². The summed E-state index contributed by atoms with van der Waals surface area (Å²) in [7, 11) is 3.20. The van der Waals surface area contributed by atoms with Gasteiger partial charge in [-0.15, -0.1) is 0 Å². The molecule has 0 bridgehead atoms. The smallest absolute Gasteiger partial charge is 0.196 e. The van der Waals surface area contributed by atoms with E-state index in [0.29, 0.717) is 24.0 Å². The number of hydrogen-bond acceptors (Lipinski definition) is 3. The van der Waals surface area contributed by atoms with Crippen molar-refractivity contribution >= 4 is 11.6 Å². The zero-order valence-corrected chi connectivity index (χ0v) is 15.3. The Hall–Kier alpha value is -2.76. The van der Waals surface area contributed by atoms with Crippen LogP contribution in [0.4, 0.5) is 10.1 Å². The zero-order chi connectivity index (χ0) is 18.5. The molecule has 2 atom stereocenters. The van der Waals surface area contributed by atoms with Crippen molar-refractivity contribution in [1.82, 2.24) is 5.32 Å². The van der Waals surface area contributed by atoms with Crippen LogP contribution < -0.4 is 20.1 Å². The molecule has 1 saturated carbocycles. The molecule has 1 aliphatic carbocycles. The summed E-state index contributed by atoms with van der Waals surface area (Å²) in [5.41, 5.74) is 1.59. The quantitative estimate of drug-likeness (QED) is 0.610. The fourth-order valence-electron chi connectivity index (χ4n) is 2.98. The van der Waals surface area contributed by atoms with Gasteiger partial charge < -0.3 is 20.1 Å². The molecule has 0 saturated heterocycles. The van der Waals surface area contributed by atoms with Crippen molar-refractivity contribution in [2.45, 2.75) is 25.3 Å². The molecule has 2 N–H and O–H groups in total. The summed E-state index contributed by atoms with van der Waals surface area (Å²) in [5.74, 6) is 2.00. The number of nitrogens with one attached hydrogen (secondary N) is 2. The van der Waals surface area contributed by atoms with Crippen molar-refractivity contribution in [3.05, 3.63) is 53.8 Å². The number of guanidine groups is 1. The number of methoxy groups -OCH3 is 2. The Morgan fingerprint density at radius 1 is 1.15 bits per heavy atom. The van der Waals surface area contributed by atoms with Crippen molar-refractivity contribution in [1.29, 1.82) is 0 Å². The van der Waals surface area contributed by atoms with Crippen LogP contribution in [0.1, 0.15) is 24.8 Å². The zero-order valence-electron chi connectivity index (χ0n) is 15.3. The van der Waals surface area contributed by atoms with E-state index in [1.54, 1.807) is 20.3 Å². The Bertz CT molecular complexity index is 794. The number of ether oxygens (including phenoxy) is 2. The van der Waals surface area contributed by atoms with Crippen LogP contribution in [-0.4, -0.2) is 32.8 Å². The first-order chi connectivity index (χ1) is 12.7. The minimum atomic E-state index is -0.149. The van der Waals surface area contributed by atoms with E-state index in [2.05, 4.69) is 15.6 Å². The highest BCUT2D eigenvalue weighted by atomic mass is 19.1. The molecule has 2 aromatic carbocycles. The van der Waals surface area contributed by atoms with Crippen LogP contribution in [0.25, 0.3) is 0 Å². The fourth-order valence-corrected chi connectivity index (χ4v) is 2.98. The van der Waals surface area contributed by atoms with Gasteiger partial charge in [0.2, 0.25) is 0 Å². The molecule has 6 heteroatoms. The summed E-state index contributed by atoms with van der Waals surface area (Å²) in [5, 5.41) is 6.66. The first-order valence-electron chi connectivity index (χ1n) is 8.70. The second-order valence-electron chi connectivity index (χ2n) is 6.13. The van der Waals surface area contributed by atoms with Gasteiger partial charge in [0, 0.05) is 30.3 Å². The molecule has 1 aliphatic rings. The summed E-state index contributed by atoms with van der Waals surface area (Å²) in [6.45, 7) is 2.61. The molecule has 0 spiro atoms. The molecule has 138 valence electrons. The molecule has 0 aliphatic heterocycles. The third-order valence-corrected chi connectivity index (χ3v) is 4.38. The lowest BCUT2D eigenvalue weighted by Gasteiger charge is -2.14. The molecule has 26 heavy (non-hydrogen) atoms. The van der Waals surface area contributed by atoms with Crippen LogP contribution in [0, 0.1) is 5.82 Å². The standard InChI is InChI=1S/C20H24FN3O2/c1-4-22-20(23-13-9-10-18(25-2)19(11-13)26-3)24-17-12-15(17)14-7-5-6-8-16(14)21/h5-11,15,17H,4,12H2,1-3H3,(H2,22,23,24). The average molecular weight is 357 g/mol. The van der Waals surface area contributed by atoms with E-state index >= 15 is 0 Å². The average Bonchev–Trinajstić information content (AvgIpc) is 3.41. The first kappa shape index (κ1) is 18.0. The molecule has 0 amide bonds. The Balaban J connectivity index is 1.68. The molecule has 0 aromatic heterocycles. The van der Waals surface area contributed by atoms with Crippen molar-refractivity contribution in [3.63, 3.8) is 0 Å². The predicted molar refractivity (Wildman–Crippen MR) is 102 cm³/mol. The van der Waals surface area contributed by atoms with Gasteiger partial charge in [-0.1, -0.05) is 18.2 Å². The maximum atomic E-state index is 13.9. The van der Waals surface area contributed by atoms with Crippen LogP contribution in [0.5, 0.6) is 11.5 Å². The predicted octanol–water partition coefficient (Wildman–Crippen LogP) is 3.78. The molecule has 5 nitrogen and oxygen atoms in total. The Morgan fingerprint density at radius 3 is 2.62 bits per heavy atom. The summed E-state index contributed by atoms with van der Waals surface area (Å²) in [6, 6.07) is 12.7. The number of hydrogen-bond donors (Lipinski definition) is 2. The van der Waals surface area contributed by atoms with Crippen LogP contribution in [0.2, 0.25) is 0 Å². The van der Waals surface area contributed by atoms with E-state index in [-0.39, 0.29) is 17.8 Å². The molecular weight excluding hydrogens is 333 g/mol. The summed E-state index contributed by atoms with van der Waals surface area (Å²) < 4.78 is 24.5. The van der Waals surface area contributed by atoms with Gasteiger partial charge in [-0.3, -0.25) is 4.99 Å². The van der Waals surface area contributed by atoms with E-state index in [9.17, 15) is 4.39 Å². The minimum Gasteiger partial charge on any atom is -0.493 e. The summed E-state index contributed by atoms with van der Waals surface area (Å²) >= 11 is 0. The Kier molecular flexibility index (Phi) is 5.61. The number of anilines is 1. The molecule has 2 unspecified atom stereocenters. The lowest BCUT2D eigenvalue weighted by Crippen LogP contribution is -2.33. The minimum absolute atomic E-state index is 0.149. The number of benzene rings is 2. The van der Waals surface area contributed by atoms with Crippen LogP contribution >= 0.6 is 0 Å². The molecule has 0 radical (unpaired) electrons. The lowest BCUT2D eigenvalue weighted by molar-refractivity contribution is 0.355. The van der Waals surface area contributed by atoms with Crippen LogP contribution in [0.3, 0.4) is 0 Å². The third kappa shape index (κ3) is 4.07. The van der Waals surface area contributed by atoms with Gasteiger partial charge in [0.1, 0.15) is 5.82 Å². The fraction of sp³-hybridized carbons (Fsp3) is 0.350. The molecular formula is C20H24FN3O2. The maximum absolute atomic E-state index is 13.9. The Morgan fingerprint density at radius 2 is 1.92 bits per heavy atom. The van der Waals surface area contributed by atoms with E-state index in [1.165, 1.54) is 6.07 Å². The van der Waals surface area contributed by atoms with Crippen LogP contribution in [-0.2, 0) is 0 Å².